The fraction of sp³-hybridized carbons (Fsp3) is 0.750. The van der Waals surface area contributed by atoms with Crippen LogP contribution < -0.4 is 0 Å². The van der Waals surface area contributed by atoms with Gasteiger partial charge in [0.15, 0.2) is 0 Å². The van der Waals surface area contributed by atoms with E-state index in [1.54, 1.807) is 0 Å². The van der Waals surface area contributed by atoms with Crippen molar-refractivity contribution in [2.24, 2.45) is 5.92 Å². The smallest absolute Gasteiger partial charge is 0.410 e. The summed E-state index contributed by atoms with van der Waals surface area (Å²) in [6.07, 6.45) is 7.63. The summed E-state index contributed by atoms with van der Waals surface area (Å²) >= 11 is 0. The number of piperidine rings is 1. The Hall–Kier alpha value is -0.990. The van der Waals surface area contributed by atoms with E-state index in [4.69, 9.17) is 4.74 Å². The van der Waals surface area contributed by atoms with Crippen LogP contribution in [-0.2, 0) is 4.74 Å². The number of ether oxygens (including phenoxy) is 1. The highest BCUT2D eigenvalue weighted by Crippen LogP contribution is 2.36. The first kappa shape index (κ1) is 10.5. The fourth-order valence-corrected chi connectivity index (χ4v) is 2.80. The Bertz CT molecular complexity index is 275. The standard InChI is InChI=1S/C12H19NO2/c1-3-11-9-5-7-10(8-6-9)13(11)12(14)15-4-2/h5,7,9-11H,3-4,6,8H2,1-2H3/t9-,10+,11-/m1/s1. The van der Waals surface area contributed by atoms with Crippen molar-refractivity contribution in [2.75, 3.05) is 6.61 Å². The van der Waals surface area contributed by atoms with Gasteiger partial charge in [-0.3, -0.25) is 4.90 Å². The largest absolute Gasteiger partial charge is 0.450 e. The van der Waals surface area contributed by atoms with Crippen molar-refractivity contribution in [2.45, 2.75) is 45.2 Å². The molecule has 2 aliphatic heterocycles. The Kier molecular flexibility index (Phi) is 2.98. The number of amides is 1. The quantitative estimate of drug-likeness (QED) is 0.654. The van der Waals surface area contributed by atoms with Gasteiger partial charge in [0.25, 0.3) is 0 Å². The van der Waals surface area contributed by atoms with Crippen LogP contribution in [0.15, 0.2) is 12.2 Å². The molecule has 1 saturated heterocycles. The highest BCUT2D eigenvalue weighted by atomic mass is 16.6. The second-order valence-electron chi connectivity index (χ2n) is 4.28. The second kappa shape index (κ2) is 4.25. The van der Waals surface area contributed by atoms with Gasteiger partial charge in [-0.1, -0.05) is 19.1 Å². The molecule has 3 aliphatic rings. The van der Waals surface area contributed by atoms with Crippen LogP contribution in [0.1, 0.15) is 33.1 Å². The monoisotopic (exact) mass is 209 g/mol. The van der Waals surface area contributed by atoms with Crippen LogP contribution in [0.4, 0.5) is 4.79 Å². The van der Waals surface area contributed by atoms with Crippen molar-refractivity contribution in [1.29, 1.82) is 0 Å². The van der Waals surface area contributed by atoms with Crippen LogP contribution in [0.25, 0.3) is 0 Å². The van der Waals surface area contributed by atoms with Gasteiger partial charge in [-0.2, -0.15) is 0 Å². The molecule has 0 aromatic rings. The van der Waals surface area contributed by atoms with Gasteiger partial charge in [0, 0.05) is 6.04 Å². The molecule has 0 radical (unpaired) electrons. The van der Waals surface area contributed by atoms with Gasteiger partial charge in [0.05, 0.1) is 12.6 Å². The average molecular weight is 209 g/mol. The molecule has 0 saturated carbocycles. The normalized spacial score (nSPS) is 33.2. The van der Waals surface area contributed by atoms with Crippen LogP contribution in [0.3, 0.4) is 0 Å². The maximum Gasteiger partial charge on any atom is 0.410 e. The molecule has 2 bridgehead atoms. The summed E-state index contributed by atoms with van der Waals surface area (Å²) in [5.41, 5.74) is 0. The van der Waals surface area contributed by atoms with Crippen molar-refractivity contribution < 1.29 is 9.53 Å². The molecule has 2 heterocycles. The Labute approximate surface area is 91.1 Å². The van der Waals surface area contributed by atoms with Crippen molar-refractivity contribution in [1.82, 2.24) is 4.90 Å². The molecule has 0 aromatic carbocycles. The minimum Gasteiger partial charge on any atom is -0.450 e. The van der Waals surface area contributed by atoms with E-state index in [0.717, 1.165) is 12.8 Å². The molecule has 15 heavy (non-hydrogen) atoms. The average Bonchev–Trinajstić information content (AvgIpc) is 2.29. The molecule has 1 amide bonds. The molecule has 3 heteroatoms. The van der Waals surface area contributed by atoms with E-state index in [9.17, 15) is 4.79 Å². The summed E-state index contributed by atoms with van der Waals surface area (Å²) in [7, 11) is 0. The van der Waals surface area contributed by atoms with Gasteiger partial charge < -0.3 is 4.74 Å². The van der Waals surface area contributed by atoms with E-state index in [-0.39, 0.29) is 12.1 Å². The van der Waals surface area contributed by atoms with Crippen LogP contribution >= 0.6 is 0 Å². The Morgan fingerprint density at radius 2 is 2.20 bits per heavy atom. The second-order valence-corrected chi connectivity index (χ2v) is 4.28. The summed E-state index contributed by atoms with van der Waals surface area (Å²) in [5, 5.41) is 0. The number of hydrogen-bond acceptors (Lipinski definition) is 2. The summed E-state index contributed by atoms with van der Waals surface area (Å²) in [4.78, 5) is 13.8. The van der Waals surface area contributed by atoms with Gasteiger partial charge in [0.2, 0.25) is 0 Å². The molecule has 1 fully saturated rings. The number of hydrogen-bond donors (Lipinski definition) is 0. The van der Waals surface area contributed by atoms with Crippen molar-refractivity contribution in [3.8, 4) is 0 Å². The lowest BCUT2D eigenvalue weighted by Gasteiger charge is -2.47. The Balaban J connectivity index is 2.15. The Morgan fingerprint density at radius 1 is 1.40 bits per heavy atom. The van der Waals surface area contributed by atoms with E-state index >= 15 is 0 Å². The zero-order valence-electron chi connectivity index (χ0n) is 9.48. The first-order chi connectivity index (χ1) is 7.27. The van der Waals surface area contributed by atoms with Crippen LogP contribution in [0, 0.1) is 5.92 Å². The number of carbonyl (C=O) groups excluding carboxylic acids is 1. The molecule has 0 N–H and O–H groups in total. The van der Waals surface area contributed by atoms with E-state index in [2.05, 4.69) is 19.1 Å². The molecule has 84 valence electrons. The van der Waals surface area contributed by atoms with Gasteiger partial charge in [-0.25, -0.2) is 4.79 Å². The minimum atomic E-state index is -0.136. The van der Waals surface area contributed by atoms with Gasteiger partial charge in [-0.15, -0.1) is 0 Å². The summed E-state index contributed by atoms with van der Waals surface area (Å²) < 4.78 is 5.12. The lowest BCUT2D eigenvalue weighted by Crippen LogP contribution is -2.55. The van der Waals surface area contributed by atoms with E-state index < -0.39 is 0 Å². The first-order valence-corrected chi connectivity index (χ1v) is 5.91. The van der Waals surface area contributed by atoms with Crippen LogP contribution in [0.5, 0.6) is 0 Å². The minimum absolute atomic E-state index is 0.136. The maximum absolute atomic E-state index is 11.8. The fourth-order valence-electron chi connectivity index (χ4n) is 2.80. The summed E-state index contributed by atoms with van der Waals surface area (Å²) in [5.74, 6) is 0.546. The number of fused-ring (bicyclic) bond motifs is 2. The summed E-state index contributed by atoms with van der Waals surface area (Å²) in [6, 6.07) is 0.631. The molecule has 3 atom stereocenters. The predicted molar refractivity (Wildman–Crippen MR) is 58.6 cm³/mol. The topological polar surface area (TPSA) is 29.5 Å². The van der Waals surface area contributed by atoms with Crippen LogP contribution in [0.2, 0.25) is 0 Å². The highest BCUT2D eigenvalue weighted by Gasteiger charge is 2.40. The molecule has 0 unspecified atom stereocenters. The molecule has 3 nitrogen and oxygen atoms in total. The number of carbonyl (C=O) groups is 1. The molecule has 0 aromatic heterocycles. The van der Waals surface area contributed by atoms with Crippen molar-refractivity contribution >= 4 is 6.09 Å². The Morgan fingerprint density at radius 3 is 2.73 bits per heavy atom. The van der Waals surface area contributed by atoms with Gasteiger partial charge in [0.1, 0.15) is 0 Å². The zero-order valence-corrected chi connectivity index (χ0v) is 9.48. The van der Waals surface area contributed by atoms with Crippen molar-refractivity contribution in [3.05, 3.63) is 12.2 Å². The summed E-state index contributed by atoms with van der Waals surface area (Å²) in [6.45, 7) is 4.47. The molecule has 3 rings (SSSR count). The van der Waals surface area contributed by atoms with Gasteiger partial charge in [-0.05, 0) is 32.1 Å². The lowest BCUT2D eigenvalue weighted by molar-refractivity contribution is 0.0380. The van der Waals surface area contributed by atoms with Gasteiger partial charge >= 0.3 is 6.09 Å². The first-order valence-electron chi connectivity index (χ1n) is 5.91. The molecular weight excluding hydrogens is 190 g/mol. The van der Waals surface area contributed by atoms with E-state index in [1.165, 1.54) is 6.42 Å². The third-order valence-electron chi connectivity index (χ3n) is 3.48. The van der Waals surface area contributed by atoms with E-state index in [1.807, 2.05) is 11.8 Å². The lowest BCUT2D eigenvalue weighted by atomic mass is 9.79. The predicted octanol–water partition coefficient (Wildman–Crippen LogP) is 2.57. The highest BCUT2D eigenvalue weighted by molar-refractivity contribution is 5.69. The SMILES string of the molecule is CCOC(=O)N1[C@H](CC)[C@@H]2C=C[C@H]1CC2. The molecular formula is C12H19NO2. The molecule has 0 spiro atoms. The van der Waals surface area contributed by atoms with E-state index in [0.29, 0.717) is 18.6 Å². The molecule has 1 aliphatic carbocycles. The zero-order chi connectivity index (χ0) is 10.8. The van der Waals surface area contributed by atoms with Crippen molar-refractivity contribution in [3.63, 3.8) is 0 Å². The van der Waals surface area contributed by atoms with Crippen LogP contribution in [-0.4, -0.2) is 29.7 Å². The third kappa shape index (κ3) is 1.75. The maximum atomic E-state index is 11.8. The number of rotatable bonds is 2. The third-order valence-corrected chi connectivity index (χ3v) is 3.48. The number of nitrogens with zero attached hydrogens (tertiary/aromatic N) is 1.